The van der Waals surface area contributed by atoms with Crippen molar-refractivity contribution in [2.75, 3.05) is 38.7 Å². The molecule has 0 bridgehead atoms. The molecule has 2 rings (SSSR count). The summed E-state index contributed by atoms with van der Waals surface area (Å²) in [6.45, 7) is 6.30. The molecule has 2 aromatic carbocycles. The molecule has 1 unspecified atom stereocenters. The van der Waals surface area contributed by atoms with Gasteiger partial charge in [-0.25, -0.2) is 0 Å². The fraction of sp³-hybridized carbons (Fsp3) is 0.381. The number of anilines is 1. The summed E-state index contributed by atoms with van der Waals surface area (Å²) < 4.78 is 11.1. The molecule has 0 fully saturated rings. The Hall–Kier alpha value is -2.53. The van der Waals surface area contributed by atoms with Gasteiger partial charge < -0.3 is 19.7 Å². The summed E-state index contributed by atoms with van der Waals surface area (Å²) in [5.74, 6) is 1.33. The largest absolute Gasteiger partial charge is 0.490 e. The minimum absolute atomic E-state index is 0.0119. The highest BCUT2D eigenvalue weighted by Crippen LogP contribution is 2.30. The molecule has 0 saturated heterocycles. The van der Waals surface area contributed by atoms with Crippen molar-refractivity contribution in [1.29, 1.82) is 0 Å². The van der Waals surface area contributed by atoms with Gasteiger partial charge in [-0.05, 0) is 31.5 Å². The molecule has 0 heterocycles. The molecular formula is C21H29N2O3+. The summed E-state index contributed by atoms with van der Waals surface area (Å²) in [6.07, 6.45) is 0.956. The van der Waals surface area contributed by atoms with Crippen LogP contribution in [0.5, 0.6) is 11.5 Å². The summed E-state index contributed by atoms with van der Waals surface area (Å²) in [4.78, 5) is 13.5. The predicted octanol–water partition coefficient (Wildman–Crippen LogP) is 2.18. The van der Waals surface area contributed by atoms with Crippen LogP contribution < -0.4 is 19.7 Å². The van der Waals surface area contributed by atoms with Crippen molar-refractivity contribution in [1.82, 2.24) is 0 Å². The van der Waals surface area contributed by atoms with Crippen LogP contribution in [0.2, 0.25) is 0 Å². The van der Waals surface area contributed by atoms with Crippen LogP contribution in [0.25, 0.3) is 0 Å². The number of quaternary nitrogens is 1. The van der Waals surface area contributed by atoms with Gasteiger partial charge in [0.15, 0.2) is 18.0 Å². The first-order valence-electron chi connectivity index (χ1n) is 9.17. The van der Waals surface area contributed by atoms with Gasteiger partial charge in [0.25, 0.3) is 5.91 Å². The summed E-state index contributed by atoms with van der Waals surface area (Å²) in [6, 6.07) is 15.8. The number of likely N-dealkylation sites (N-methyl/N-ethyl adjacent to an activating group) is 1. The SMILES string of the molecule is CCOc1ccc(NC(=O)C[NH+](C)CCc2ccccc2)cc1OCC. The molecule has 0 spiro atoms. The third-order valence-electron chi connectivity index (χ3n) is 3.97. The predicted molar refractivity (Wildman–Crippen MR) is 104 cm³/mol. The molecule has 5 heteroatoms. The van der Waals surface area contributed by atoms with E-state index in [9.17, 15) is 4.79 Å². The van der Waals surface area contributed by atoms with E-state index in [0.29, 0.717) is 31.3 Å². The number of hydrogen-bond acceptors (Lipinski definition) is 3. The van der Waals surface area contributed by atoms with Crippen molar-refractivity contribution in [3.8, 4) is 11.5 Å². The van der Waals surface area contributed by atoms with E-state index < -0.39 is 0 Å². The molecule has 0 aliphatic carbocycles. The highest BCUT2D eigenvalue weighted by Gasteiger charge is 2.12. The summed E-state index contributed by atoms with van der Waals surface area (Å²) in [7, 11) is 2.03. The molecule has 140 valence electrons. The second-order valence-corrected chi connectivity index (χ2v) is 6.20. The van der Waals surface area contributed by atoms with Gasteiger partial charge in [-0.3, -0.25) is 4.79 Å². The second-order valence-electron chi connectivity index (χ2n) is 6.20. The standard InChI is InChI=1S/C21H28N2O3/c1-4-25-19-12-11-18(15-20(19)26-5-2)22-21(24)16-23(3)14-13-17-9-7-6-8-10-17/h6-12,15H,4-5,13-14,16H2,1-3H3,(H,22,24)/p+1. The first kappa shape index (κ1) is 19.8. The van der Waals surface area contributed by atoms with Crippen molar-refractivity contribution in [3.05, 3.63) is 54.1 Å². The first-order valence-corrected chi connectivity index (χ1v) is 9.17. The van der Waals surface area contributed by atoms with E-state index in [2.05, 4.69) is 17.4 Å². The smallest absolute Gasteiger partial charge is 0.279 e. The van der Waals surface area contributed by atoms with Crippen LogP contribution in [-0.2, 0) is 11.2 Å². The normalized spacial score (nSPS) is 11.7. The number of nitrogens with one attached hydrogen (secondary N) is 2. The van der Waals surface area contributed by atoms with Crippen LogP contribution >= 0.6 is 0 Å². The van der Waals surface area contributed by atoms with E-state index in [4.69, 9.17) is 9.47 Å². The maximum Gasteiger partial charge on any atom is 0.279 e. The molecule has 0 radical (unpaired) electrons. The third-order valence-corrected chi connectivity index (χ3v) is 3.97. The number of carbonyl (C=O) groups excluding carboxylic acids is 1. The van der Waals surface area contributed by atoms with Crippen molar-refractivity contribution < 1.29 is 19.2 Å². The molecule has 2 N–H and O–H groups in total. The quantitative estimate of drug-likeness (QED) is 0.685. The lowest BCUT2D eigenvalue weighted by Crippen LogP contribution is -3.10. The topological polar surface area (TPSA) is 52.0 Å². The Morgan fingerprint density at radius 3 is 2.38 bits per heavy atom. The molecule has 5 nitrogen and oxygen atoms in total. The molecule has 0 aliphatic heterocycles. The third kappa shape index (κ3) is 6.41. The van der Waals surface area contributed by atoms with Gasteiger partial charge in [-0.1, -0.05) is 30.3 Å². The van der Waals surface area contributed by atoms with Crippen molar-refractivity contribution in [2.24, 2.45) is 0 Å². The molecule has 2 aromatic rings. The van der Waals surface area contributed by atoms with Crippen LogP contribution in [0.1, 0.15) is 19.4 Å². The fourth-order valence-electron chi connectivity index (χ4n) is 2.70. The maximum absolute atomic E-state index is 12.3. The fourth-order valence-corrected chi connectivity index (χ4v) is 2.70. The lowest BCUT2D eigenvalue weighted by atomic mass is 10.1. The molecule has 26 heavy (non-hydrogen) atoms. The van der Waals surface area contributed by atoms with Gasteiger partial charge in [0.1, 0.15) is 0 Å². The van der Waals surface area contributed by atoms with Crippen molar-refractivity contribution in [3.63, 3.8) is 0 Å². The average Bonchev–Trinajstić information content (AvgIpc) is 2.63. The van der Waals surface area contributed by atoms with Crippen LogP contribution in [-0.4, -0.2) is 39.3 Å². The highest BCUT2D eigenvalue weighted by atomic mass is 16.5. The monoisotopic (exact) mass is 357 g/mol. The Balaban J connectivity index is 1.87. The lowest BCUT2D eigenvalue weighted by Gasteiger charge is -2.15. The van der Waals surface area contributed by atoms with E-state index in [1.807, 2.05) is 57.3 Å². The lowest BCUT2D eigenvalue weighted by molar-refractivity contribution is -0.870. The van der Waals surface area contributed by atoms with E-state index in [1.165, 1.54) is 10.5 Å². The van der Waals surface area contributed by atoms with Crippen LogP contribution in [0, 0.1) is 0 Å². The summed E-state index contributed by atoms with van der Waals surface area (Å²) in [5.41, 5.74) is 2.01. The Morgan fingerprint density at radius 2 is 1.69 bits per heavy atom. The number of carbonyl (C=O) groups is 1. The molecule has 0 aliphatic rings. The van der Waals surface area contributed by atoms with Crippen molar-refractivity contribution in [2.45, 2.75) is 20.3 Å². The first-order chi connectivity index (χ1) is 12.6. The van der Waals surface area contributed by atoms with Gasteiger partial charge in [-0.2, -0.15) is 0 Å². The average molecular weight is 357 g/mol. The molecule has 0 aromatic heterocycles. The maximum atomic E-state index is 12.3. The van der Waals surface area contributed by atoms with Gasteiger partial charge >= 0.3 is 0 Å². The number of amides is 1. The molecular weight excluding hydrogens is 328 g/mol. The minimum Gasteiger partial charge on any atom is -0.490 e. The van der Waals surface area contributed by atoms with E-state index in [0.717, 1.165) is 18.7 Å². The van der Waals surface area contributed by atoms with Gasteiger partial charge in [-0.15, -0.1) is 0 Å². The Morgan fingerprint density at radius 1 is 1.00 bits per heavy atom. The Kier molecular flexibility index (Phi) is 7.96. The van der Waals surface area contributed by atoms with Crippen LogP contribution in [0.4, 0.5) is 5.69 Å². The Bertz CT molecular complexity index is 689. The van der Waals surface area contributed by atoms with E-state index in [-0.39, 0.29) is 5.91 Å². The van der Waals surface area contributed by atoms with E-state index >= 15 is 0 Å². The summed E-state index contributed by atoms with van der Waals surface area (Å²) >= 11 is 0. The van der Waals surface area contributed by atoms with E-state index in [1.54, 1.807) is 0 Å². The zero-order chi connectivity index (χ0) is 18.8. The van der Waals surface area contributed by atoms with Gasteiger partial charge in [0.2, 0.25) is 0 Å². The number of ether oxygens (including phenoxy) is 2. The number of hydrogen-bond donors (Lipinski definition) is 2. The minimum atomic E-state index is -0.0119. The van der Waals surface area contributed by atoms with Crippen LogP contribution in [0.15, 0.2) is 48.5 Å². The van der Waals surface area contributed by atoms with Crippen LogP contribution in [0.3, 0.4) is 0 Å². The Labute approximate surface area is 155 Å². The molecule has 0 saturated carbocycles. The second kappa shape index (κ2) is 10.5. The van der Waals surface area contributed by atoms with Gasteiger partial charge in [0, 0.05) is 18.2 Å². The zero-order valence-electron chi connectivity index (χ0n) is 15.9. The zero-order valence-corrected chi connectivity index (χ0v) is 15.9. The number of rotatable bonds is 10. The summed E-state index contributed by atoms with van der Waals surface area (Å²) in [5, 5.41) is 2.94. The number of benzene rings is 2. The molecule has 1 atom stereocenters. The van der Waals surface area contributed by atoms with Gasteiger partial charge in [0.05, 0.1) is 26.8 Å². The molecule has 1 amide bonds. The highest BCUT2D eigenvalue weighted by molar-refractivity contribution is 5.91. The van der Waals surface area contributed by atoms with Crippen molar-refractivity contribution >= 4 is 11.6 Å².